The first-order chi connectivity index (χ1) is 10.6. The fourth-order valence-corrected chi connectivity index (χ4v) is 2.25. The first kappa shape index (κ1) is 16.0. The number of nitrogens with one attached hydrogen (secondary N) is 1. The van der Waals surface area contributed by atoms with Crippen LogP contribution in [0.25, 0.3) is 11.0 Å². The summed E-state index contributed by atoms with van der Waals surface area (Å²) in [5, 5.41) is 16.2. The fourth-order valence-electron chi connectivity index (χ4n) is 2.25. The monoisotopic (exact) mass is 304 g/mol. The average Bonchev–Trinajstić information content (AvgIpc) is 2.85. The van der Waals surface area contributed by atoms with Crippen molar-refractivity contribution in [2.75, 3.05) is 6.54 Å². The highest BCUT2D eigenvalue weighted by Gasteiger charge is 2.12. The molecular formula is C16H20N2O4. The van der Waals surface area contributed by atoms with Crippen molar-refractivity contribution in [2.24, 2.45) is 0 Å². The van der Waals surface area contributed by atoms with Crippen LogP contribution in [0.1, 0.15) is 36.9 Å². The molecule has 0 atom stereocenters. The lowest BCUT2D eigenvalue weighted by atomic mass is 10.1. The largest absolute Gasteiger partial charge is 0.481 e. The number of hydrogen-bond acceptors (Lipinski definition) is 4. The summed E-state index contributed by atoms with van der Waals surface area (Å²) in [5.41, 5.74) is 2.42. The van der Waals surface area contributed by atoms with Crippen LogP contribution in [0.2, 0.25) is 0 Å². The number of aromatic nitrogens is 1. The number of carboxylic acid groups (broad SMARTS) is 1. The molecule has 2 rings (SSSR count). The number of carbonyl (C=O) groups excluding carboxylic acids is 1. The molecule has 118 valence electrons. The molecule has 0 fully saturated rings. The zero-order valence-corrected chi connectivity index (χ0v) is 12.6. The van der Waals surface area contributed by atoms with Gasteiger partial charge in [0.25, 0.3) is 0 Å². The topological polar surface area (TPSA) is 92.4 Å². The molecule has 22 heavy (non-hydrogen) atoms. The SMILES string of the molecule is Cc1ccc2onc(CC(=O)NCCCCCC(=O)O)c2c1. The number of carbonyl (C=O) groups is 2. The normalized spacial score (nSPS) is 10.8. The molecule has 1 aromatic heterocycles. The van der Waals surface area contributed by atoms with Gasteiger partial charge in [0.1, 0.15) is 5.69 Å². The number of unbranched alkanes of at least 4 members (excludes halogenated alkanes) is 2. The van der Waals surface area contributed by atoms with Crippen molar-refractivity contribution in [3.8, 4) is 0 Å². The minimum atomic E-state index is -0.780. The molecule has 2 N–H and O–H groups in total. The van der Waals surface area contributed by atoms with Gasteiger partial charge >= 0.3 is 5.97 Å². The minimum Gasteiger partial charge on any atom is -0.481 e. The Morgan fingerprint density at radius 3 is 2.86 bits per heavy atom. The van der Waals surface area contributed by atoms with Crippen LogP contribution >= 0.6 is 0 Å². The van der Waals surface area contributed by atoms with Crippen LogP contribution in [0, 0.1) is 6.92 Å². The molecule has 0 saturated heterocycles. The lowest BCUT2D eigenvalue weighted by Gasteiger charge is -2.03. The van der Waals surface area contributed by atoms with Gasteiger partial charge in [0.15, 0.2) is 5.58 Å². The summed E-state index contributed by atoms with van der Waals surface area (Å²) in [4.78, 5) is 22.3. The van der Waals surface area contributed by atoms with E-state index in [1.807, 2.05) is 25.1 Å². The summed E-state index contributed by atoms with van der Waals surface area (Å²) in [6.07, 6.45) is 2.57. The van der Waals surface area contributed by atoms with Gasteiger partial charge in [-0.25, -0.2) is 0 Å². The second-order valence-electron chi connectivity index (χ2n) is 5.36. The second kappa shape index (κ2) is 7.59. The van der Waals surface area contributed by atoms with Gasteiger partial charge in [0.2, 0.25) is 5.91 Å². The maximum atomic E-state index is 11.9. The first-order valence-electron chi connectivity index (χ1n) is 7.39. The third-order valence-electron chi connectivity index (χ3n) is 3.42. The van der Waals surface area contributed by atoms with Crippen LogP contribution in [0.4, 0.5) is 0 Å². The number of rotatable bonds is 8. The Hall–Kier alpha value is -2.37. The Labute approximate surface area is 128 Å². The number of nitrogens with zero attached hydrogens (tertiary/aromatic N) is 1. The highest BCUT2D eigenvalue weighted by atomic mass is 16.5. The van der Waals surface area contributed by atoms with Crippen molar-refractivity contribution in [1.82, 2.24) is 10.5 Å². The molecule has 1 aromatic carbocycles. The number of fused-ring (bicyclic) bond motifs is 1. The van der Waals surface area contributed by atoms with Crippen LogP contribution in [0.5, 0.6) is 0 Å². The summed E-state index contributed by atoms with van der Waals surface area (Å²) in [6, 6.07) is 5.75. The van der Waals surface area contributed by atoms with E-state index < -0.39 is 5.97 Å². The van der Waals surface area contributed by atoms with Crippen LogP contribution in [-0.4, -0.2) is 28.7 Å². The molecule has 1 heterocycles. The van der Waals surface area contributed by atoms with Gasteiger partial charge in [0.05, 0.1) is 6.42 Å². The van der Waals surface area contributed by atoms with Crippen LogP contribution in [-0.2, 0) is 16.0 Å². The fraction of sp³-hybridized carbons (Fsp3) is 0.438. The Morgan fingerprint density at radius 1 is 1.27 bits per heavy atom. The van der Waals surface area contributed by atoms with E-state index in [9.17, 15) is 9.59 Å². The maximum absolute atomic E-state index is 11.9. The van der Waals surface area contributed by atoms with E-state index in [4.69, 9.17) is 9.63 Å². The highest BCUT2D eigenvalue weighted by Crippen LogP contribution is 2.20. The number of hydrogen-bond donors (Lipinski definition) is 2. The van der Waals surface area contributed by atoms with Crippen molar-refractivity contribution >= 4 is 22.8 Å². The predicted octanol–water partition coefficient (Wildman–Crippen LogP) is 2.44. The van der Waals surface area contributed by atoms with Crippen molar-refractivity contribution in [2.45, 2.75) is 39.0 Å². The molecule has 0 aliphatic heterocycles. The van der Waals surface area contributed by atoms with Crippen molar-refractivity contribution in [1.29, 1.82) is 0 Å². The minimum absolute atomic E-state index is 0.102. The van der Waals surface area contributed by atoms with Crippen LogP contribution < -0.4 is 5.32 Å². The van der Waals surface area contributed by atoms with E-state index in [-0.39, 0.29) is 18.7 Å². The molecule has 0 spiro atoms. The number of aryl methyl sites for hydroxylation is 1. The molecule has 0 aliphatic rings. The Balaban J connectivity index is 1.77. The highest BCUT2D eigenvalue weighted by molar-refractivity contribution is 5.86. The lowest BCUT2D eigenvalue weighted by molar-refractivity contribution is -0.137. The standard InChI is InChI=1S/C16H20N2O4/c1-11-6-7-14-12(9-11)13(18-22-14)10-15(19)17-8-4-2-3-5-16(20)21/h6-7,9H,2-5,8,10H2,1H3,(H,17,19)(H,20,21). The molecule has 1 amide bonds. The van der Waals surface area contributed by atoms with Gasteiger partial charge < -0.3 is 14.9 Å². The van der Waals surface area contributed by atoms with Crippen molar-refractivity contribution in [3.05, 3.63) is 29.5 Å². The average molecular weight is 304 g/mol. The number of benzene rings is 1. The van der Waals surface area contributed by atoms with Crippen molar-refractivity contribution in [3.63, 3.8) is 0 Å². The van der Waals surface area contributed by atoms with Gasteiger partial charge in [-0.2, -0.15) is 0 Å². The lowest BCUT2D eigenvalue weighted by Crippen LogP contribution is -2.26. The molecule has 0 saturated carbocycles. The van der Waals surface area contributed by atoms with E-state index in [2.05, 4.69) is 10.5 Å². The molecule has 6 heteroatoms. The van der Waals surface area contributed by atoms with Crippen LogP contribution in [0.15, 0.2) is 22.7 Å². The maximum Gasteiger partial charge on any atom is 0.303 e. The van der Waals surface area contributed by atoms with E-state index in [0.29, 0.717) is 24.2 Å². The quantitative estimate of drug-likeness (QED) is 0.731. The molecule has 0 unspecified atom stereocenters. The summed E-state index contributed by atoms with van der Waals surface area (Å²) < 4.78 is 5.20. The number of amides is 1. The summed E-state index contributed by atoms with van der Waals surface area (Å²) in [6.45, 7) is 2.53. The van der Waals surface area contributed by atoms with Gasteiger partial charge in [-0.1, -0.05) is 23.2 Å². The second-order valence-corrected chi connectivity index (χ2v) is 5.36. The third kappa shape index (κ3) is 4.58. The van der Waals surface area contributed by atoms with Gasteiger partial charge in [-0.3, -0.25) is 9.59 Å². The molecule has 0 bridgehead atoms. The Kier molecular flexibility index (Phi) is 5.52. The van der Waals surface area contributed by atoms with E-state index in [1.165, 1.54) is 0 Å². The van der Waals surface area contributed by atoms with Crippen LogP contribution in [0.3, 0.4) is 0 Å². The predicted molar refractivity (Wildman–Crippen MR) is 81.6 cm³/mol. The van der Waals surface area contributed by atoms with E-state index in [1.54, 1.807) is 0 Å². The number of aliphatic carboxylic acids is 1. The zero-order valence-electron chi connectivity index (χ0n) is 12.6. The molecular weight excluding hydrogens is 284 g/mol. The first-order valence-corrected chi connectivity index (χ1v) is 7.39. The third-order valence-corrected chi connectivity index (χ3v) is 3.42. The molecule has 6 nitrogen and oxygen atoms in total. The summed E-state index contributed by atoms with van der Waals surface area (Å²) >= 11 is 0. The smallest absolute Gasteiger partial charge is 0.303 e. The van der Waals surface area contributed by atoms with E-state index >= 15 is 0 Å². The van der Waals surface area contributed by atoms with Gasteiger partial charge in [-0.15, -0.1) is 0 Å². The number of carboxylic acids is 1. The van der Waals surface area contributed by atoms with Gasteiger partial charge in [0, 0.05) is 18.4 Å². The Morgan fingerprint density at radius 2 is 2.09 bits per heavy atom. The van der Waals surface area contributed by atoms with Crippen molar-refractivity contribution < 1.29 is 19.2 Å². The zero-order chi connectivity index (χ0) is 15.9. The molecule has 0 radical (unpaired) electrons. The molecule has 2 aromatic rings. The van der Waals surface area contributed by atoms with E-state index in [0.717, 1.165) is 23.8 Å². The van der Waals surface area contributed by atoms with Gasteiger partial charge in [-0.05, 0) is 31.9 Å². The molecule has 0 aliphatic carbocycles. The summed E-state index contributed by atoms with van der Waals surface area (Å²) in [5.74, 6) is -0.882. The summed E-state index contributed by atoms with van der Waals surface area (Å²) in [7, 11) is 0. The Bertz CT molecular complexity index is 663.